The Hall–Kier alpha value is -1.32. The van der Waals surface area contributed by atoms with Crippen LogP contribution >= 0.6 is 47.0 Å². The third kappa shape index (κ3) is 2.27. The number of thioether (sulfide) groups is 4. The highest BCUT2D eigenvalue weighted by atomic mass is 32.2. The number of hydrogen-bond donors (Lipinski definition) is 2. The summed E-state index contributed by atoms with van der Waals surface area (Å²) in [6.45, 7) is 3.59. The van der Waals surface area contributed by atoms with E-state index in [0.717, 1.165) is 28.1 Å². The number of nitrogens with zero attached hydrogens (tertiary/aromatic N) is 2. The van der Waals surface area contributed by atoms with Crippen LogP contribution in [0.15, 0.2) is 39.2 Å². The van der Waals surface area contributed by atoms with E-state index in [1.165, 1.54) is 47.0 Å². The number of fused-ring (bicyclic) bond motifs is 2. The zero-order chi connectivity index (χ0) is 16.0. The second-order valence-corrected chi connectivity index (χ2v) is 9.20. The highest BCUT2D eigenvalue weighted by Gasteiger charge is 2.33. The van der Waals surface area contributed by atoms with Crippen molar-refractivity contribution in [2.75, 3.05) is 11.5 Å². The lowest BCUT2D eigenvalue weighted by atomic mass is 10.3. The molecule has 0 radical (unpaired) electrons. The number of rotatable bonds is 0. The molecule has 4 nitrogen and oxygen atoms in total. The van der Waals surface area contributed by atoms with Gasteiger partial charge in [-0.3, -0.25) is 0 Å². The Labute approximate surface area is 145 Å². The van der Waals surface area contributed by atoms with E-state index in [1.54, 1.807) is 13.8 Å². The average Bonchev–Trinajstić information content (AvgIpc) is 3.16. The van der Waals surface area contributed by atoms with E-state index in [9.17, 15) is 0 Å². The first-order valence-corrected chi connectivity index (χ1v) is 9.42. The molecule has 0 aromatic heterocycles. The smallest absolute Gasteiger partial charge is 0.0961 e. The molecule has 0 bridgehead atoms. The molecule has 0 aliphatic carbocycles. The second-order valence-electron chi connectivity index (χ2n) is 4.60. The summed E-state index contributed by atoms with van der Waals surface area (Å²) in [5, 5.41) is 18.1. The van der Waals surface area contributed by atoms with Crippen molar-refractivity contribution in [3.05, 3.63) is 19.6 Å². The fraction of sp³-hybridized carbons (Fsp3) is 0.143. The van der Waals surface area contributed by atoms with Gasteiger partial charge < -0.3 is 11.5 Å². The van der Waals surface area contributed by atoms with Crippen molar-refractivity contribution in [2.45, 2.75) is 33.4 Å². The van der Waals surface area contributed by atoms with Gasteiger partial charge in [-0.05, 0) is 13.8 Å². The maximum absolute atomic E-state index is 9.06. The summed E-state index contributed by atoms with van der Waals surface area (Å²) in [5.41, 5.74) is 15.4. The molecule has 110 valence electrons. The lowest BCUT2D eigenvalue weighted by Crippen LogP contribution is -1.97. The Morgan fingerprint density at radius 2 is 1.00 bits per heavy atom. The molecule has 0 unspecified atom stereocenters. The number of nitrogen functional groups attached to an aromatic ring is 2. The van der Waals surface area contributed by atoms with Crippen molar-refractivity contribution in [1.29, 1.82) is 10.5 Å². The third-order valence-corrected chi connectivity index (χ3v) is 8.86. The molecule has 0 amide bonds. The van der Waals surface area contributed by atoms with Gasteiger partial charge in [0.15, 0.2) is 0 Å². The summed E-state index contributed by atoms with van der Waals surface area (Å²) in [7, 11) is 0. The summed E-state index contributed by atoms with van der Waals surface area (Å²) in [4.78, 5) is 3.70. The zero-order valence-electron chi connectivity index (χ0n) is 11.7. The van der Waals surface area contributed by atoms with Crippen LogP contribution in [0.1, 0.15) is 13.8 Å². The molecule has 3 rings (SSSR count). The molecule has 4 N–H and O–H groups in total. The number of nitriles is 2. The summed E-state index contributed by atoms with van der Waals surface area (Å²) in [6.07, 6.45) is 0. The largest absolute Gasteiger partial charge is 0.397 e. The van der Waals surface area contributed by atoms with Crippen LogP contribution in [0.4, 0.5) is 11.4 Å². The summed E-state index contributed by atoms with van der Waals surface area (Å²) < 4.78 is 1.86. The van der Waals surface area contributed by atoms with Gasteiger partial charge in [-0.25, -0.2) is 0 Å². The SMILES string of the molecule is CC(C#N)=C1Sc2c(N)c3c(c(N)c2S1)SC(=C(C)C#N)S3. The Balaban J connectivity index is 2.15. The standard InChI is InChI=1S/C14H10N4S4/c1-5(3-15)13-19-9-7(17)11-12(8(18)10(9)20-13)22-14(21-11)6(2)4-16/h17-18H2,1-2H3. The number of anilines is 2. The maximum atomic E-state index is 9.06. The Kier molecular flexibility index (Phi) is 4.04. The highest BCUT2D eigenvalue weighted by Crippen LogP contribution is 2.65. The van der Waals surface area contributed by atoms with Crippen LogP contribution in [0.2, 0.25) is 0 Å². The molecule has 0 spiro atoms. The van der Waals surface area contributed by atoms with Gasteiger partial charge in [0.2, 0.25) is 0 Å². The van der Waals surface area contributed by atoms with Crippen LogP contribution in [-0.4, -0.2) is 0 Å². The fourth-order valence-electron chi connectivity index (χ4n) is 1.91. The quantitative estimate of drug-likeness (QED) is 0.387. The molecule has 22 heavy (non-hydrogen) atoms. The van der Waals surface area contributed by atoms with Crippen LogP contribution in [0, 0.1) is 22.7 Å². The van der Waals surface area contributed by atoms with Crippen molar-refractivity contribution in [2.24, 2.45) is 0 Å². The Morgan fingerprint density at radius 1 is 0.727 bits per heavy atom. The normalized spacial score (nSPS) is 15.1. The lowest BCUT2D eigenvalue weighted by Gasteiger charge is -2.10. The van der Waals surface area contributed by atoms with E-state index in [4.69, 9.17) is 22.0 Å². The molecule has 2 aliphatic heterocycles. The van der Waals surface area contributed by atoms with Crippen LogP contribution in [0.3, 0.4) is 0 Å². The Bertz CT molecular complexity index is 743. The maximum Gasteiger partial charge on any atom is 0.0961 e. The molecule has 1 aromatic rings. The number of benzene rings is 1. The van der Waals surface area contributed by atoms with Crippen LogP contribution < -0.4 is 11.5 Å². The minimum absolute atomic E-state index is 0.673. The van der Waals surface area contributed by atoms with E-state index in [2.05, 4.69) is 12.1 Å². The fourth-order valence-corrected chi connectivity index (χ4v) is 7.07. The third-order valence-electron chi connectivity index (χ3n) is 3.12. The monoisotopic (exact) mass is 362 g/mol. The van der Waals surface area contributed by atoms with Crippen molar-refractivity contribution < 1.29 is 0 Å². The average molecular weight is 363 g/mol. The highest BCUT2D eigenvalue weighted by molar-refractivity contribution is 8.26. The number of hydrogen-bond acceptors (Lipinski definition) is 8. The van der Waals surface area contributed by atoms with Gasteiger partial charge in [0.05, 0.1) is 51.6 Å². The van der Waals surface area contributed by atoms with Gasteiger partial charge in [0, 0.05) is 11.1 Å². The molecule has 0 saturated carbocycles. The summed E-state index contributed by atoms with van der Waals surface area (Å²) >= 11 is 6.01. The molecule has 2 heterocycles. The Morgan fingerprint density at radius 3 is 1.23 bits per heavy atom. The minimum atomic E-state index is 0.673. The summed E-state index contributed by atoms with van der Waals surface area (Å²) in [6, 6.07) is 4.34. The van der Waals surface area contributed by atoms with Gasteiger partial charge in [-0.1, -0.05) is 47.0 Å². The first-order chi connectivity index (χ1) is 10.5. The van der Waals surface area contributed by atoms with E-state index >= 15 is 0 Å². The zero-order valence-corrected chi connectivity index (χ0v) is 14.9. The first-order valence-electron chi connectivity index (χ1n) is 6.16. The first kappa shape index (κ1) is 15.6. The van der Waals surface area contributed by atoms with Crippen molar-refractivity contribution in [3.63, 3.8) is 0 Å². The molecule has 1 aromatic carbocycles. The van der Waals surface area contributed by atoms with Crippen molar-refractivity contribution >= 4 is 58.4 Å². The minimum Gasteiger partial charge on any atom is -0.397 e. The van der Waals surface area contributed by atoms with E-state index < -0.39 is 0 Å². The number of allylic oxidation sites excluding steroid dienone is 2. The molecule has 0 saturated heterocycles. The molecular weight excluding hydrogens is 352 g/mol. The van der Waals surface area contributed by atoms with Crippen molar-refractivity contribution in [3.8, 4) is 12.1 Å². The van der Waals surface area contributed by atoms with E-state index in [-0.39, 0.29) is 0 Å². The van der Waals surface area contributed by atoms with E-state index in [1.807, 2.05) is 0 Å². The second kappa shape index (κ2) is 5.71. The predicted octanol–water partition coefficient (Wildman–Crippen LogP) is 4.76. The van der Waals surface area contributed by atoms with Gasteiger partial charge in [-0.2, -0.15) is 10.5 Å². The van der Waals surface area contributed by atoms with Crippen LogP contribution in [0.25, 0.3) is 0 Å². The van der Waals surface area contributed by atoms with Crippen LogP contribution in [0.5, 0.6) is 0 Å². The summed E-state index contributed by atoms with van der Waals surface area (Å²) in [5.74, 6) is 0. The molecule has 2 aliphatic rings. The predicted molar refractivity (Wildman–Crippen MR) is 95.3 cm³/mol. The topological polar surface area (TPSA) is 99.6 Å². The van der Waals surface area contributed by atoms with Gasteiger partial charge in [0.25, 0.3) is 0 Å². The van der Waals surface area contributed by atoms with Crippen molar-refractivity contribution in [1.82, 2.24) is 0 Å². The molecule has 8 heteroatoms. The van der Waals surface area contributed by atoms with Gasteiger partial charge in [0.1, 0.15) is 0 Å². The molecule has 0 atom stereocenters. The van der Waals surface area contributed by atoms with Gasteiger partial charge in [-0.15, -0.1) is 0 Å². The molecular formula is C14H10N4S4. The van der Waals surface area contributed by atoms with Gasteiger partial charge >= 0.3 is 0 Å². The van der Waals surface area contributed by atoms with Crippen LogP contribution in [-0.2, 0) is 0 Å². The molecule has 0 fully saturated rings. The van der Waals surface area contributed by atoms with E-state index in [0.29, 0.717) is 22.5 Å². The number of nitrogens with two attached hydrogens (primary N) is 2. The lowest BCUT2D eigenvalue weighted by molar-refractivity contribution is 1.13.